The van der Waals surface area contributed by atoms with Gasteiger partial charge < -0.3 is 30.2 Å². The van der Waals surface area contributed by atoms with Crippen molar-refractivity contribution in [1.29, 1.82) is 0 Å². The molecule has 52 heavy (non-hydrogen) atoms. The molecular weight excluding hydrogens is 705 g/mol. The Morgan fingerprint density at radius 1 is 0.846 bits per heavy atom. The average Bonchev–Trinajstić information content (AvgIpc) is 3.08. The quantitative estimate of drug-likeness (QED) is 0.0858. The Bertz CT molecular complexity index is 2240. The van der Waals surface area contributed by atoms with Crippen molar-refractivity contribution in [2.45, 2.75) is 33.1 Å². The van der Waals surface area contributed by atoms with Crippen molar-refractivity contribution in [2.75, 3.05) is 47.8 Å². The molecule has 5 rings (SSSR count). The van der Waals surface area contributed by atoms with Crippen LogP contribution in [0.15, 0.2) is 85.1 Å². The highest BCUT2D eigenvalue weighted by atomic mass is 32.2. The molecule has 0 aliphatic heterocycles. The van der Waals surface area contributed by atoms with Gasteiger partial charge in [-0.05, 0) is 58.9 Å². The minimum absolute atomic E-state index is 0.169. The molecule has 0 saturated heterocycles. The summed E-state index contributed by atoms with van der Waals surface area (Å²) < 4.78 is 61.7. The molecule has 0 aliphatic carbocycles. The van der Waals surface area contributed by atoms with Crippen LogP contribution in [0.4, 0.5) is 33.4 Å². The number of ether oxygens (including phenoxy) is 3. The van der Waals surface area contributed by atoms with E-state index >= 15 is 0 Å². The third-order valence-electron chi connectivity index (χ3n) is 7.69. The highest BCUT2D eigenvalue weighted by molar-refractivity contribution is 7.92. The Morgan fingerprint density at radius 2 is 1.56 bits per heavy atom. The van der Waals surface area contributed by atoms with Gasteiger partial charge in [0.05, 0.1) is 37.5 Å². The van der Waals surface area contributed by atoms with Crippen LogP contribution in [-0.2, 0) is 24.5 Å². The molecule has 0 fully saturated rings. The van der Waals surface area contributed by atoms with Crippen LogP contribution in [0.1, 0.15) is 33.3 Å². The summed E-state index contributed by atoms with van der Waals surface area (Å²) in [5.41, 5.74) is 2.10. The molecule has 1 aromatic heterocycles. The number of carbonyl (C=O) groups is 1. The zero-order chi connectivity index (χ0) is 37.6. The van der Waals surface area contributed by atoms with Crippen LogP contribution in [0.5, 0.6) is 23.0 Å². The smallest absolute Gasteiger partial charge is 0.492 e. The van der Waals surface area contributed by atoms with Crippen molar-refractivity contribution in [3.8, 4) is 23.0 Å². The molecule has 272 valence electrons. The number of fused-ring (bicyclic) bond motifs is 1. The molecule has 15 heteroatoms. The van der Waals surface area contributed by atoms with E-state index in [9.17, 15) is 17.8 Å². The van der Waals surface area contributed by atoms with Crippen LogP contribution >= 0.6 is 8.03 Å². The predicted octanol–water partition coefficient (Wildman–Crippen LogP) is 8.51. The lowest BCUT2D eigenvalue weighted by molar-refractivity contribution is 0.262. The van der Waals surface area contributed by atoms with Crippen molar-refractivity contribution in [2.24, 2.45) is 0 Å². The van der Waals surface area contributed by atoms with Crippen LogP contribution in [0.25, 0.3) is 10.8 Å². The molecule has 0 spiro atoms. The Labute approximate surface area is 304 Å². The number of nitrogens with zero attached hydrogens (tertiary/aromatic N) is 1. The summed E-state index contributed by atoms with van der Waals surface area (Å²) in [7, 11) is -2.78. The molecule has 13 nitrogen and oxygen atoms in total. The maximum atomic E-state index is 13.4. The number of hydrogen-bond donors (Lipinski definition) is 4. The molecule has 4 aromatic carbocycles. The Morgan fingerprint density at radius 3 is 2.23 bits per heavy atom. The SMILES string of the molecule is CCO[P+](=O)c1ccc(Nc2cc(Oc3ccc(NC(=O)Nc4cc(C(C)(C)C)cc(NS(C)(=O)=O)c4OC)c4ccccc34)ccn2)cc1OC. The highest BCUT2D eigenvalue weighted by Gasteiger charge is 2.27. The van der Waals surface area contributed by atoms with Crippen molar-refractivity contribution in [3.63, 3.8) is 0 Å². The first-order valence-electron chi connectivity index (χ1n) is 16.2. The average molecular weight is 747 g/mol. The van der Waals surface area contributed by atoms with Gasteiger partial charge in [-0.25, -0.2) is 18.2 Å². The van der Waals surface area contributed by atoms with Crippen molar-refractivity contribution < 1.29 is 36.5 Å². The molecule has 4 N–H and O–H groups in total. The number of anilines is 5. The Balaban J connectivity index is 1.37. The normalized spacial score (nSPS) is 11.8. The molecule has 0 radical (unpaired) electrons. The van der Waals surface area contributed by atoms with E-state index in [1.54, 1.807) is 67.7 Å². The first kappa shape index (κ1) is 37.8. The van der Waals surface area contributed by atoms with E-state index in [4.69, 9.17) is 18.7 Å². The van der Waals surface area contributed by atoms with Crippen molar-refractivity contribution in [1.82, 2.24) is 4.98 Å². The molecule has 2 amide bonds. The summed E-state index contributed by atoms with van der Waals surface area (Å²) in [6, 6.07) is 22.5. The number of methoxy groups -OCH3 is 2. The molecule has 5 aromatic rings. The molecule has 1 heterocycles. The number of amides is 2. The zero-order valence-corrected chi connectivity index (χ0v) is 31.6. The second kappa shape index (κ2) is 15.9. The number of pyridine rings is 1. The number of urea groups is 1. The summed E-state index contributed by atoms with van der Waals surface area (Å²) in [6.07, 6.45) is 2.66. The van der Waals surface area contributed by atoms with Crippen molar-refractivity contribution in [3.05, 3.63) is 90.6 Å². The van der Waals surface area contributed by atoms with Crippen LogP contribution in [0.2, 0.25) is 0 Å². The third-order valence-corrected chi connectivity index (χ3v) is 9.54. The van der Waals surface area contributed by atoms with Crippen LogP contribution in [0.3, 0.4) is 0 Å². The lowest BCUT2D eigenvalue weighted by atomic mass is 9.86. The summed E-state index contributed by atoms with van der Waals surface area (Å²) in [6.45, 7) is 8.03. The van der Waals surface area contributed by atoms with Crippen LogP contribution < -0.4 is 40.2 Å². The standard InChI is InChI=1S/C37H40N5O8PS/c1-8-49-51(44)33-16-13-24(21-32(33)47-5)39-34-22-25(17-18-38-34)50-31-15-14-28(26-11-9-10-12-27(26)31)40-36(43)41-29-19-23(37(2,3)4)20-30(35(29)48-6)42-52(7,45)46/h9-22,42H,8H2,1-7H3,(H2-,38,39,40,41,43,44)/p+1. The third kappa shape index (κ3) is 9.26. The van der Waals surface area contributed by atoms with E-state index in [1.807, 2.05) is 45.0 Å². The van der Waals surface area contributed by atoms with E-state index in [0.717, 1.165) is 22.6 Å². The van der Waals surface area contributed by atoms with E-state index in [-0.39, 0.29) is 16.9 Å². The maximum absolute atomic E-state index is 13.4. The van der Waals surface area contributed by atoms with Gasteiger partial charge >= 0.3 is 14.1 Å². The van der Waals surface area contributed by atoms with E-state index in [1.165, 1.54) is 14.2 Å². The molecule has 1 atom stereocenters. The van der Waals surface area contributed by atoms with E-state index < -0.39 is 24.1 Å². The fourth-order valence-corrected chi connectivity index (χ4v) is 6.76. The molecule has 0 aliphatic rings. The van der Waals surface area contributed by atoms with Gasteiger partial charge in [0.2, 0.25) is 10.0 Å². The highest BCUT2D eigenvalue weighted by Crippen LogP contribution is 2.40. The lowest BCUT2D eigenvalue weighted by Crippen LogP contribution is -2.22. The number of benzene rings is 4. The van der Waals surface area contributed by atoms with Gasteiger partial charge in [0, 0.05) is 40.9 Å². The fraction of sp³-hybridized carbons (Fsp3) is 0.243. The first-order valence-corrected chi connectivity index (χ1v) is 19.2. The Hall–Kier alpha value is -5.43. The minimum atomic E-state index is -3.64. The lowest BCUT2D eigenvalue weighted by Gasteiger charge is -2.24. The number of hydrogen-bond acceptors (Lipinski definition) is 10. The van der Waals surface area contributed by atoms with Gasteiger partial charge in [-0.3, -0.25) is 4.72 Å². The number of aromatic nitrogens is 1. The summed E-state index contributed by atoms with van der Waals surface area (Å²) in [5, 5.41) is 10.9. The van der Waals surface area contributed by atoms with E-state index in [0.29, 0.717) is 52.0 Å². The van der Waals surface area contributed by atoms with Gasteiger partial charge in [-0.15, -0.1) is 4.52 Å². The summed E-state index contributed by atoms with van der Waals surface area (Å²) in [5.74, 6) is 2.14. The molecule has 0 saturated carbocycles. The second-order valence-electron chi connectivity index (χ2n) is 12.6. The largest absolute Gasteiger partial charge is 0.552 e. The maximum Gasteiger partial charge on any atom is 0.552 e. The summed E-state index contributed by atoms with van der Waals surface area (Å²) >= 11 is 0. The van der Waals surface area contributed by atoms with Gasteiger partial charge in [0.15, 0.2) is 11.5 Å². The number of nitrogens with one attached hydrogen (secondary N) is 4. The van der Waals surface area contributed by atoms with Crippen LogP contribution in [-0.4, -0.2) is 46.5 Å². The van der Waals surface area contributed by atoms with Gasteiger partial charge in [0.1, 0.15) is 23.9 Å². The topological polar surface area (TPSA) is 166 Å². The van der Waals surface area contributed by atoms with Crippen LogP contribution in [0, 0.1) is 0 Å². The number of rotatable bonds is 13. The van der Waals surface area contributed by atoms with Gasteiger partial charge in [0.25, 0.3) is 5.30 Å². The minimum Gasteiger partial charge on any atom is -0.492 e. The Kier molecular flexibility index (Phi) is 11.5. The summed E-state index contributed by atoms with van der Waals surface area (Å²) in [4.78, 5) is 17.9. The molecular formula is C37H41N5O8PS+. The zero-order valence-electron chi connectivity index (χ0n) is 29.9. The van der Waals surface area contributed by atoms with Crippen molar-refractivity contribution >= 4 is 68.7 Å². The second-order valence-corrected chi connectivity index (χ2v) is 15.6. The monoisotopic (exact) mass is 746 g/mol. The number of sulfonamides is 1. The predicted molar refractivity (Wildman–Crippen MR) is 206 cm³/mol. The van der Waals surface area contributed by atoms with E-state index in [2.05, 4.69) is 25.7 Å². The molecule has 0 bridgehead atoms. The number of carbonyl (C=O) groups excluding carboxylic acids is 1. The fourth-order valence-electron chi connectivity index (χ4n) is 5.31. The van der Waals surface area contributed by atoms with Gasteiger partial charge in [-0.2, -0.15) is 0 Å². The molecule has 1 unspecified atom stereocenters. The van der Waals surface area contributed by atoms with Gasteiger partial charge in [-0.1, -0.05) is 45.0 Å². The first-order chi connectivity index (χ1) is 24.7.